The van der Waals surface area contributed by atoms with Gasteiger partial charge in [-0.3, -0.25) is 9.97 Å². The SMILES string of the molecule is COc1cc2ccnc(CCCc3nccc4cc(OC)c(OC)cc34)c2cc1OC.Cl.Cl. The second kappa shape index (κ2) is 11.8. The number of fused-ring (bicyclic) bond motifs is 2. The molecule has 0 N–H and O–H groups in total. The van der Waals surface area contributed by atoms with E-state index in [4.69, 9.17) is 18.9 Å². The van der Waals surface area contributed by atoms with Gasteiger partial charge in [-0.15, -0.1) is 24.8 Å². The minimum atomic E-state index is 0. The van der Waals surface area contributed by atoms with E-state index < -0.39 is 0 Å². The molecule has 0 aliphatic carbocycles. The first-order valence-corrected chi connectivity index (χ1v) is 10.2. The van der Waals surface area contributed by atoms with Crippen LogP contribution >= 0.6 is 24.8 Å². The zero-order valence-electron chi connectivity index (χ0n) is 19.1. The Morgan fingerprint density at radius 2 is 0.939 bits per heavy atom. The van der Waals surface area contributed by atoms with Crippen LogP contribution in [-0.4, -0.2) is 38.4 Å². The van der Waals surface area contributed by atoms with E-state index in [1.807, 2.05) is 48.8 Å². The van der Waals surface area contributed by atoms with Crippen molar-refractivity contribution in [3.63, 3.8) is 0 Å². The number of ether oxygens (including phenoxy) is 4. The fraction of sp³-hybridized carbons (Fsp3) is 0.280. The maximum atomic E-state index is 5.48. The second-order valence-electron chi connectivity index (χ2n) is 7.23. The molecular formula is C25H28Cl2N2O4. The van der Waals surface area contributed by atoms with Gasteiger partial charge in [0.15, 0.2) is 23.0 Å². The van der Waals surface area contributed by atoms with Crippen molar-refractivity contribution in [1.82, 2.24) is 9.97 Å². The average Bonchev–Trinajstić information content (AvgIpc) is 2.82. The Morgan fingerprint density at radius 1 is 0.576 bits per heavy atom. The standard InChI is InChI=1S/C25H26N2O4.2ClH/c1-28-22-12-16-8-10-26-20(18(16)14-24(22)30-3)6-5-7-21-19-15-25(31-4)23(29-2)13-17(19)9-11-27-21;;/h8-15H,5-7H2,1-4H3;2*1H. The number of halogens is 2. The monoisotopic (exact) mass is 490 g/mol. The van der Waals surface area contributed by atoms with E-state index >= 15 is 0 Å². The molecule has 8 heteroatoms. The summed E-state index contributed by atoms with van der Waals surface area (Å²) in [5.41, 5.74) is 2.08. The topological polar surface area (TPSA) is 62.7 Å². The predicted molar refractivity (Wildman–Crippen MR) is 136 cm³/mol. The predicted octanol–water partition coefficient (Wildman–Crippen LogP) is 5.84. The van der Waals surface area contributed by atoms with Crippen molar-refractivity contribution in [2.45, 2.75) is 19.3 Å². The number of aromatic nitrogens is 2. The molecule has 0 amide bonds. The van der Waals surface area contributed by atoms with E-state index in [2.05, 4.69) is 9.97 Å². The first-order valence-electron chi connectivity index (χ1n) is 10.2. The average molecular weight is 491 g/mol. The number of pyridine rings is 2. The van der Waals surface area contributed by atoms with Gasteiger partial charge in [0.1, 0.15) is 0 Å². The first kappa shape index (κ1) is 26.3. The lowest BCUT2D eigenvalue weighted by molar-refractivity contribution is 0.356. The van der Waals surface area contributed by atoms with Gasteiger partial charge in [-0.25, -0.2) is 0 Å². The van der Waals surface area contributed by atoms with Crippen LogP contribution in [0.2, 0.25) is 0 Å². The summed E-state index contributed by atoms with van der Waals surface area (Å²) in [6, 6.07) is 12.0. The molecule has 0 aliphatic rings. The van der Waals surface area contributed by atoms with Crippen LogP contribution in [0.3, 0.4) is 0 Å². The van der Waals surface area contributed by atoms with Crippen LogP contribution in [0.1, 0.15) is 17.8 Å². The zero-order valence-corrected chi connectivity index (χ0v) is 20.7. The molecule has 4 aromatic rings. The Bertz CT molecular complexity index is 1140. The van der Waals surface area contributed by atoms with Crippen molar-refractivity contribution in [3.8, 4) is 23.0 Å². The van der Waals surface area contributed by atoms with Crippen LogP contribution in [0.25, 0.3) is 21.5 Å². The van der Waals surface area contributed by atoms with Crippen LogP contribution in [0.5, 0.6) is 23.0 Å². The molecule has 0 atom stereocenters. The molecule has 0 spiro atoms. The van der Waals surface area contributed by atoms with Gasteiger partial charge in [-0.05, 0) is 66.4 Å². The molecule has 6 nitrogen and oxygen atoms in total. The highest BCUT2D eigenvalue weighted by molar-refractivity contribution is 5.89. The number of nitrogens with zero attached hydrogens (tertiary/aromatic N) is 2. The summed E-state index contributed by atoms with van der Waals surface area (Å²) in [6.07, 6.45) is 6.27. The molecule has 2 heterocycles. The van der Waals surface area contributed by atoms with Crippen molar-refractivity contribution in [2.75, 3.05) is 28.4 Å². The molecule has 0 radical (unpaired) electrons. The molecule has 0 bridgehead atoms. The van der Waals surface area contributed by atoms with Gasteiger partial charge in [0.25, 0.3) is 0 Å². The Hall–Kier alpha value is -2.96. The molecule has 2 aromatic carbocycles. The lowest BCUT2D eigenvalue weighted by atomic mass is 10.0. The maximum absolute atomic E-state index is 5.48. The summed E-state index contributed by atoms with van der Waals surface area (Å²) in [6.45, 7) is 0. The number of benzene rings is 2. The van der Waals surface area contributed by atoms with Crippen LogP contribution in [0.4, 0.5) is 0 Å². The van der Waals surface area contributed by atoms with Gasteiger partial charge in [0.2, 0.25) is 0 Å². The van der Waals surface area contributed by atoms with Gasteiger partial charge >= 0.3 is 0 Å². The van der Waals surface area contributed by atoms with Gasteiger partial charge in [-0.2, -0.15) is 0 Å². The van der Waals surface area contributed by atoms with Crippen LogP contribution < -0.4 is 18.9 Å². The fourth-order valence-electron chi connectivity index (χ4n) is 3.94. The van der Waals surface area contributed by atoms with Crippen LogP contribution in [0.15, 0.2) is 48.8 Å². The minimum Gasteiger partial charge on any atom is -0.493 e. The summed E-state index contributed by atoms with van der Waals surface area (Å²) in [7, 11) is 6.59. The van der Waals surface area contributed by atoms with Gasteiger partial charge in [-0.1, -0.05) is 0 Å². The summed E-state index contributed by atoms with van der Waals surface area (Å²) < 4.78 is 21.8. The molecule has 0 saturated carbocycles. The summed E-state index contributed by atoms with van der Waals surface area (Å²) >= 11 is 0. The fourth-order valence-corrected chi connectivity index (χ4v) is 3.94. The molecule has 33 heavy (non-hydrogen) atoms. The molecule has 0 unspecified atom stereocenters. The lowest BCUT2D eigenvalue weighted by Gasteiger charge is -2.12. The molecule has 0 saturated heterocycles. The van der Waals surface area contributed by atoms with Gasteiger partial charge in [0, 0.05) is 34.6 Å². The molecule has 0 aliphatic heterocycles. The number of hydrogen-bond donors (Lipinski definition) is 0. The highest BCUT2D eigenvalue weighted by Gasteiger charge is 2.12. The minimum absolute atomic E-state index is 0. The van der Waals surface area contributed by atoms with Crippen molar-refractivity contribution in [2.24, 2.45) is 0 Å². The van der Waals surface area contributed by atoms with E-state index in [0.29, 0.717) is 11.5 Å². The maximum Gasteiger partial charge on any atom is 0.161 e. The number of aryl methyl sites for hydroxylation is 2. The van der Waals surface area contributed by atoms with Crippen molar-refractivity contribution in [1.29, 1.82) is 0 Å². The Kier molecular flexibility index (Phi) is 9.38. The highest BCUT2D eigenvalue weighted by Crippen LogP contribution is 2.35. The second-order valence-corrected chi connectivity index (χ2v) is 7.23. The van der Waals surface area contributed by atoms with E-state index in [-0.39, 0.29) is 24.8 Å². The summed E-state index contributed by atoms with van der Waals surface area (Å²) in [5.74, 6) is 2.86. The highest BCUT2D eigenvalue weighted by atomic mass is 35.5. The van der Waals surface area contributed by atoms with Crippen LogP contribution in [0, 0.1) is 0 Å². The Labute approximate surface area is 206 Å². The smallest absolute Gasteiger partial charge is 0.161 e. The third kappa shape index (κ3) is 5.34. The molecular weight excluding hydrogens is 463 g/mol. The number of rotatable bonds is 8. The molecule has 4 rings (SSSR count). The quantitative estimate of drug-likeness (QED) is 0.309. The summed E-state index contributed by atoms with van der Waals surface area (Å²) in [5, 5.41) is 4.33. The van der Waals surface area contributed by atoms with Crippen molar-refractivity contribution < 1.29 is 18.9 Å². The van der Waals surface area contributed by atoms with Gasteiger partial charge < -0.3 is 18.9 Å². The Balaban J connectivity index is 0.00000193. The number of hydrogen-bond acceptors (Lipinski definition) is 6. The van der Waals surface area contributed by atoms with E-state index in [9.17, 15) is 0 Å². The third-order valence-electron chi connectivity index (χ3n) is 5.53. The van der Waals surface area contributed by atoms with E-state index in [0.717, 1.165) is 63.7 Å². The van der Waals surface area contributed by atoms with Crippen molar-refractivity contribution >= 4 is 46.4 Å². The van der Waals surface area contributed by atoms with Crippen molar-refractivity contribution in [3.05, 3.63) is 60.2 Å². The first-order chi connectivity index (χ1) is 15.2. The lowest BCUT2D eigenvalue weighted by Crippen LogP contribution is -1.99. The van der Waals surface area contributed by atoms with Crippen LogP contribution in [-0.2, 0) is 12.8 Å². The number of methoxy groups -OCH3 is 4. The molecule has 2 aromatic heterocycles. The van der Waals surface area contributed by atoms with E-state index in [1.54, 1.807) is 28.4 Å². The molecule has 176 valence electrons. The van der Waals surface area contributed by atoms with Gasteiger partial charge in [0.05, 0.1) is 28.4 Å². The zero-order chi connectivity index (χ0) is 21.8. The molecule has 0 fully saturated rings. The summed E-state index contributed by atoms with van der Waals surface area (Å²) in [4.78, 5) is 9.26. The Morgan fingerprint density at radius 3 is 1.30 bits per heavy atom. The van der Waals surface area contributed by atoms with E-state index in [1.165, 1.54) is 0 Å². The normalized spacial score (nSPS) is 10.3. The third-order valence-corrected chi connectivity index (χ3v) is 5.53. The largest absolute Gasteiger partial charge is 0.493 e.